The van der Waals surface area contributed by atoms with Crippen molar-refractivity contribution in [1.82, 2.24) is 0 Å². The van der Waals surface area contributed by atoms with Gasteiger partial charge < -0.3 is 5.11 Å². The number of hydrogen-bond donors (Lipinski definition) is 1. The predicted molar refractivity (Wildman–Crippen MR) is 74.2 cm³/mol. The predicted octanol–water partition coefficient (Wildman–Crippen LogP) is 2.69. The second-order valence-corrected chi connectivity index (χ2v) is 5.78. The topological polar surface area (TPSA) is 49.7 Å². The summed E-state index contributed by atoms with van der Waals surface area (Å²) in [5.41, 5.74) is 1.38. The standard InChI is InChI=1S/C16H19NO2/c1-16-10-6-5-9-12(16)17-13(14(18)15(16)19)11-7-3-2-4-8-11/h2-4,7-8,13-14,18H,5-6,9-10H2,1H3/t13-,14-,16+/m0/s1. The molecule has 3 nitrogen and oxygen atoms in total. The second-order valence-electron chi connectivity index (χ2n) is 5.78. The Kier molecular flexibility index (Phi) is 3.02. The molecule has 2 aliphatic rings. The summed E-state index contributed by atoms with van der Waals surface area (Å²) in [5.74, 6) is -0.0500. The number of Topliss-reactive ketones (excluding diaryl/α,β-unsaturated/α-hetero) is 1. The Morgan fingerprint density at radius 3 is 2.74 bits per heavy atom. The first-order chi connectivity index (χ1) is 9.13. The highest BCUT2D eigenvalue weighted by Crippen LogP contribution is 2.42. The molecule has 19 heavy (non-hydrogen) atoms. The zero-order valence-electron chi connectivity index (χ0n) is 11.2. The van der Waals surface area contributed by atoms with Gasteiger partial charge in [0.05, 0.1) is 5.41 Å². The first kappa shape index (κ1) is 12.5. The lowest BCUT2D eigenvalue weighted by Crippen LogP contribution is -2.50. The number of nitrogens with zero attached hydrogens (tertiary/aromatic N) is 1. The van der Waals surface area contributed by atoms with E-state index in [0.29, 0.717) is 0 Å². The van der Waals surface area contributed by atoms with Crippen LogP contribution < -0.4 is 0 Å². The highest BCUT2D eigenvalue weighted by Gasteiger charge is 2.48. The van der Waals surface area contributed by atoms with Gasteiger partial charge in [-0.1, -0.05) is 36.8 Å². The number of benzene rings is 1. The molecule has 1 aromatic carbocycles. The maximum Gasteiger partial charge on any atom is 0.175 e. The van der Waals surface area contributed by atoms with Crippen molar-refractivity contribution in [2.45, 2.75) is 44.8 Å². The number of carbonyl (C=O) groups is 1. The Balaban J connectivity index is 2.04. The van der Waals surface area contributed by atoms with Crippen molar-refractivity contribution in [3.63, 3.8) is 0 Å². The highest BCUT2D eigenvalue weighted by atomic mass is 16.3. The highest BCUT2D eigenvalue weighted by molar-refractivity contribution is 6.13. The number of aliphatic hydroxyl groups is 1. The summed E-state index contributed by atoms with van der Waals surface area (Å²) in [6.07, 6.45) is 2.85. The third-order valence-electron chi connectivity index (χ3n) is 4.52. The quantitative estimate of drug-likeness (QED) is 0.841. The molecule has 100 valence electrons. The van der Waals surface area contributed by atoms with Gasteiger partial charge >= 0.3 is 0 Å². The van der Waals surface area contributed by atoms with Gasteiger partial charge in [-0.25, -0.2) is 0 Å². The van der Waals surface area contributed by atoms with Crippen LogP contribution in [0.25, 0.3) is 0 Å². The maximum atomic E-state index is 12.5. The van der Waals surface area contributed by atoms with Gasteiger partial charge in [-0.15, -0.1) is 0 Å². The van der Waals surface area contributed by atoms with Crippen LogP contribution in [0.3, 0.4) is 0 Å². The molecule has 0 spiro atoms. The molecule has 1 aromatic rings. The molecule has 1 heterocycles. The van der Waals surface area contributed by atoms with Crippen LogP contribution in [0.5, 0.6) is 0 Å². The zero-order valence-corrected chi connectivity index (χ0v) is 11.2. The molecule has 0 aromatic heterocycles. The maximum absolute atomic E-state index is 12.5. The van der Waals surface area contributed by atoms with Crippen molar-refractivity contribution < 1.29 is 9.90 Å². The molecule has 0 saturated heterocycles. The fourth-order valence-electron chi connectivity index (χ4n) is 3.28. The SMILES string of the molecule is C[C@@]12CCCCC1=N[C@@H](c1ccccc1)[C@H](O)C2=O. The minimum Gasteiger partial charge on any atom is -0.383 e. The van der Waals surface area contributed by atoms with Crippen LogP contribution in [0.1, 0.15) is 44.2 Å². The van der Waals surface area contributed by atoms with E-state index in [1.807, 2.05) is 37.3 Å². The molecule has 3 heteroatoms. The summed E-state index contributed by atoms with van der Waals surface area (Å²) in [6, 6.07) is 9.20. The lowest BCUT2D eigenvalue weighted by Gasteiger charge is -2.41. The Morgan fingerprint density at radius 1 is 1.26 bits per heavy atom. The molecule has 1 fully saturated rings. The fourth-order valence-corrected chi connectivity index (χ4v) is 3.28. The molecule has 1 aliphatic heterocycles. The minimum atomic E-state index is -1.01. The molecule has 0 unspecified atom stereocenters. The number of carbonyl (C=O) groups excluding carboxylic acids is 1. The normalized spacial score (nSPS) is 34.6. The van der Waals surface area contributed by atoms with E-state index in [0.717, 1.165) is 37.0 Å². The van der Waals surface area contributed by atoms with Crippen LogP contribution in [-0.4, -0.2) is 22.7 Å². The van der Waals surface area contributed by atoms with Crippen LogP contribution in [0, 0.1) is 5.41 Å². The van der Waals surface area contributed by atoms with E-state index in [4.69, 9.17) is 4.99 Å². The van der Waals surface area contributed by atoms with Gasteiger partial charge in [0.25, 0.3) is 0 Å². The Bertz CT molecular complexity index is 523. The van der Waals surface area contributed by atoms with Crippen molar-refractivity contribution in [2.75, 3.05) is 0 Å². The molecule has 0 bridgehead atoms. The number of ketones is 1. The molecule has 1 saturated carbocycles. The largest absolute Gasteiger partial charge is 0.383 e. The summed E-state index contributed by atoms with van der Waals surface area (Å²) in [7, 11) is 0. The zero-order chi connectivity index (χ0) is 13.5. The van der Waals surface area contributed by atoms with E-state index in [2.05, 4.69) is 0 Å². The van der Waals surface area contributed by atoms with Gasteiger partial charge in [-0.3, -0.25) is 9.79 Å². The van der Waals surface area contributed by atoms with E-state index in [9.17, 15) is 9.90 Å². The van der Waals surface area contributed by atoms with Gasteiger partial charge in [0, 0.05) is 5.71 Å². The molecule has 0 amide bonds. The van der Waals surface area contributed by atoms with Crippen LogP contribution in [0.4, 0.5) is 0 Å². The monoisotopic (exact) mass is 257 g/mol. The molecule has 1 N–H and O–H groups in total. The summed E-state index contributed by atoms with van der Waals surface area (Å²) >= 11 is 0. The van der Waals surface area contributed by atoms with E-state index >= 15 is 0 Å². The van der Waals surface area contributed by atoms with E-state index in [-0.39, 0.29) is 5.78 Å². The summed E-state index contributed by atoms with van der Waals surface area (Å²) in [6.45, 7) is 1.94. The summed E-state index contributed by atoms with van der Waals surface area (Å²) < 4.78 is 0. The van der Waals surface area contributed by atoms with Gasteiger partial charge in [0.15, 0.2) is 5.78 Å². The lowest BCUT2D eigenvalue weighted by atomic mass is 9.66. The van der Waals surface area contributed by atoms with Crippen molar-refractivity contribution in [3.05, 3.63) is 35.9 Å². The van der Waals surface area contributed by atoms with E-state index < -0.39 is 17.6 Å². The van der Waals surface area contributed by atoms with Gasteiger partial charge in [0.2, 0.25) is 0 Å². The third-order valence-corrected chi connectivity index (χ3v) is 4.52. The fraction of sp³-hybridized carbons (Fsp3) is 0.500. The van der Waals surface area contributed by atoms with Crippen LogP contribution in [-0.2, 0) is 4.79 Å². The lowest BCUT2D eigenvalue weighted by molar-refractivity contribution is -0.136. The molecular weight excluding hydrogens is 238 g/mol. The van der Waals surface area contributed by atoms with Gasteiger partial charge in [-0.05, 0) is 31.7 Å². The summed E-state index contributed by atoms with van der Waals surface area (Å²) in [5, 5.41) is 10.3. The Morgan fingerprint density at radius 2 is 2.00 bits per heavy atom. The minimum absolute atomic E-state index is 0.0500. The van der Waals surface area contributed by atoms with Crippen LogP contribution in [0.15, 0.2) is 35.3 Å². The molecule has 1 aliphatic carbocycles. The average molecular weight is 257 g/mol. The smallest absolute Gasteiger partial charge is 0.175 e. The Labute approximate surface area is 113 Å². The molecule has 3 atom stereocenters. The number of aliphatic hydroxyl groups excluding tert-OH is 1. The van der Waals surface area contributed by atoms with Crippen molar-refractivity contribution in [3.8, 4) is 0 Å². The van der Waals surface area contributed by atoms with Crippen molar-refractivity contribution >= 4 is 11.5 Å². The van der Waals surface area contributed by atoms with Crippen molar-refractivity contribution in [1.29, 1.82) is 0 Å². The number of rotatable bonds is 1. The van der Waals surface area contributed by atoms with Crippen LogP contribution in [0.2, 0.25) is 0 Å². The number of hydrogen-bond acceptors (Lipinski definition) is 3. The number of fused-ring (bicyclic) bond motifs is 1. The van der Waals surface area contributed by atoms with Crippen LogP contribution >= 0.6 is 0 Å². The molecule has 0 radical (unpaired) electrons. The van der Waals surface area contributed by atoms with Crippen molar-refractivity contribution in [2.24, 2.45) is 10.4 Å². The first-order valence-electron chi connectivity index (χ1n) is 6.97. The third kappa shape index (κ3) is 1.93. The molecule has 3 rings (SSSR count). The first-order valence-corrected chi connectivity index (χ1v) is 6.97. The average Bonchev–Trinajstić information content (AvgIpc) is 2.45. The summed E-state index contributed by atoms with van der Waals surface area (Å²) in [4.78, 5) is 17.3. The van der Waals surface area contributed by atoms with E-state index in [1.54, 1.807) is 0 Å². The Hall–Kier alpha value is -1.48. The molecular formula is C16H19NO2. The second kappa shape index (κ2) is 4.57. The van der Waals surface area contributed by atoms with Gasteiger partial charge in [0.1, 0.15) is 12.1 Å². The van der Waals surface area contributed by atoms with E-state index in [1.165, 1.54) is 0 Å². The number of aliphatic imine (C=N–C) groups is 1. The van der Waals surface area contributed by atoms with Gasteiger partial charge in [-0.2, -0.15) is 0 Å².